The van der Waals surface area contributed by atoms with Crippen LogP contribution in [-0.2, 0) is 6.42 Å². The van der Waals surface area contributed by atoms with Crippen molar-refractivity contribution in [1.29, 1.82) is 0 Å². The van der Waals surface area contributed by atoms with Gasteiger partial charge in [0.15, 0.2) is 0 Å². The fourth-order valence-corrected chi connectivity index (χ4v) is 5.05. The van der Waals surface area contributed by atoms with Crippen LogP contribution < -0.4 is 14.8 Å². The van der Waals surface area contributed by atoms with Crippen molar-refractivity contribution in [1.82, 2.24) is 20.2 Å². The van der Waals surface area contributed by atoms with Crippen LogP contribution in [0.2, 0.25) is 0 Å². The summed E-state index contributed by atoms with van der Waals surface area (Å²) >= 11 is 0. The van der Waals surface area contributed by atoms with Gasteiger partial charge < -0.3 is 24.8 Å². The molecule has 1 atom stereocenters. The molecule has 8 bridgehead atoms. The molecule has 9 nitrogen and oxygen atoms in total. The number of carbonyl (C=O) groups excluding carboxylic acids is 2. The van der Waals surface area contributed by atoms with E-state index in [4.69, 9.17) is 9.47 Å². The molecule has 2 N–H and O–H groups in total. The van der Waals surface area contributed by atoms with Crippen molar-refractivity contribution in [2.24, 2.45) is 0 Å². The normalized spacial score (nSPS) is 16.8. The molecule has 1 unspecified atom stereocenters. The zero-order chi connectivity index (χ0) is 26.8. The molecule has 0 saturated heterocycles. The SMILES string of the molecule is O=C1NCCCOc2cccc(c2)C2c3ccc(cc3CCN2C(=O)c2cncnc2)Oc2ccc(O)c1c2. The number of hydrogen-bond acceptors (Lipinski definition) is 7. The van der Waals surface area contributed by atoms with Gasteiger partial charge in [0.05, 0.1) is 23.8 Å². The van der Waals surface area contributed by atoms with Gasteiger partial charge in [-0.2, -0.15) is 0 Å². The van der Waals surface area contributed by atoms with Gasteiger partial charge in [0.2, 0.25) is 0 Å². The van der Waals surface area contributed by atoms with E-state index in [0.717, 1.165) is 16.7 Å². The number of benzene rings is 3. The summed E-state index contributed by atoms with van der Waals surface area (Å²) in [5.74, 6) is 1.05. The smallest absolute Gasteiger partial charge is 0.257 e. The second kappa shape index (κ2) is 10.4. The van der Waals surface area contributed by atoms with Crippen LogP contribution in [0.15, 0.2) is 79.4 Å². The van der Waals surface area contributed by atoms with Crippen molar-refractivity contribution < 1.29 is 24.2 Å². The summed E-state index contributed by atoms with van der Waals surface area (Å²) in [6.45, 7) is 1.24. The van der Waals surface area contributed by atoms with Crippen molar-refractivity contribution in [3.63, 3.8) is 0 Å². The van der Waals surface area contributed by atoms with Gasteiger partial charge in [-0.1, -0.05) is 18.2 Å². The van der Waals surface area contributed by atoms with E-state index in [1.165, 1.54) is 30.9 Å². The molecule has 4 aromatic rings. The first-order valence-corrected chi connectivity index (χ1v) is 12.8. The lowest BCUT2D eigenvalue weighted by Gasteiger charge is -2.38. The van der Waals surface area contributed by atoms with Crippen molar-refractivity contribution in [3.8, 4) is 23.0 Å². The van der Waals surface area contributed by atoms with E-state index in [1.807, 2.05) is 47.4 Å². The third-order valence-electron chi connectivity index (χ3n) is 6.91. The first-order valence-electron chi connectivity index (χ1n) is 12.8. The largest absolute Gasteiger partial charge is 0.507 e. The van der Waals surface area contributed by atoms with Gasteiger partial charge in [-0.25, -0.2) is 9.97 Å². The maximum absolute atomic E-state index is 13.6. The van der Waals surface area contributed by atoms with Crippen LogP contribution in [0.1, 0.15) is 49.9 Å². The molecule has 3 aromatic carbocycles. The highest BCUT2D eigenvalue weighted by molar-refractivity contribution is 5.97. The summed E-state index contributed by atoms with van der Waals surface area (Å²) in [6.07, 6.45) is 5.67. The van der Waals surface area contributed by atoms with Gasteiger partial charge in [0, 0.05) is 25.5 Å². The minimum absolute atomic E-state index is 0.121. The van der Waals surface area contributed by atoms with Crippen LogP contribution in [0.25, 0.3) is 0 Å². The van der Waals surface area contributed by atoms with Gasteiger partial charge in [0.25, 0.3) is 11.8 Å². The molecule has 2 amide bonds. The molecule has 9 heteroatoms. The molecule has 0 fully saturated rings. The first-order chi connectivity index (χ1) is 19.1. The van der Waals surface area contributed by atoms with E-state index in [-0.39, 0.29) is 29.2 Å². The minimum atomic E-state index is -0.386. The van der Waals surface area contributed by atoms with Crippen molar-refractivity contribution in [3.05, 3.63) is 107 Å². The first kappa shape index (κ1) is 24.4. The molecule has 39 heavy (non-hydrogen) atoms. The third-order valence-corrected chi connectivity index (χ3v) is 6.91. The highest BCUT2D eigenvalue weighted by Crippen LogP contribution is 2.39. The topological polar surface area (TPSA) is 114 Å². The van der Waals surface area contributed by atoms with E-state index in [1.54, 1.807) is 6.07 Å². The van der Waals surface area contributed by atoms with E-state index in [0.29, 0.717) is 55.4 Å². The summed E-state index contributed by atoms with van der Waals surface area (Å²) in [7, 11) is 0. The molecule has 0 spiro atoms. The lowest BCUT2D eigenvalue weighted by molar-refractivity contribution is 0.0693. The third kappa shape index (κ3) is 4.98. The number of carbonyl (C=O) groups is 2. The number of nitrogens with zero attached hydrogens (tertiary/aromatic N) is 3. The quantitative estimate of drug-likeness (QED) is 0.384. The van der Waals surface area contributed by atoms with Gasteiger partial charge in [-0.05, 0) is 72.0 Å². The molecular formula is C30H26N4O5. The molecule has 0 aliphatic carbocycles. The molecular weight excluding hydrogens is 496 g/mol. The van der Waals surface area contributed by atoms with Crippen molar-refractivity contribution >= 4 is 11.8 Å². The Morgan fingerprint density at radius 1 is 1.00 bits per heavy atom. The summed E-state index contributed by atoms with van der Waals surface area (Å²) in [5, 5.41) is 13.1. The van der Waals surface area contributed by atoms with Crippen molar-refractivity contribution in [2.45, 2.75) is 18.9 Å². The number of rotatable bonds is 1. The molecule has 3 aliphatic heterocycles. The maximum atomic E-state index is 13.6. The molecule has 3 aliphatic rings. The average Bonchev–Trinajstić information content (AvgIpc) is 2.97. The highest BCUT2D eigenvalue weighted by atomic mass is 16.5. The standard InChI is InChI=1S/C30H26N4O5/c35-27-8-6-24-15-26(27)29(36)33-10-2-12-38-22-4-1-3-20(14-22)28-25-7-5-23(39-24)13-19(25)9-11-34(28)30(37)21-16-31-18-32-17-21/h1,3-8,13-18,28,35H,2,9-12H2,(H,33,36). The lowest BCUT2D eigenvalue weighted by atomic mass is 9.87. The van der Waals surface area contributed by atoms with Crippen LogP contribution in [0.4, 0.5) is 0 Å². The number of aromatic nitrogens is 2. The molecule has 196 valence electrons. The monoisotopic (exact) mass is 522 g/mol. The molecule has 0 saturated carbocycles. The zero-order valence-electron chi connectivity index (χ0n) is 21.0. The van der Waals surface area contributed by atoms with Crippen LogP contribution >= 0.6 is 0 Å². The summed E-state index contributed by atoms with van der Waals surface area (Å²) in [5.41, 5.74) is 3.53. The molecule has 0 radical (unpaired) electrons. The van der Waals surface area contributed by atoms with Crippen LogP contribution in [0, 0.1) is 0 Å². The number of hydrogen-bond donors (Lipinski definition) is 2. The lowest BCUT2D eigenvalue weighted by Crippen LogP contribution is -2.40. The number of phenols is 1. The Balaban J connectivity index is 1.43. The Morgan fingerprint density at radius 3 is 2.69 bits per heavy atom. The average molecular weight is 523 g/mol. The van der Waals surface area contributed by atoms with Gasteiger partial charge >= 0.3 is 0 Å². The number of phenolic OH excluding ortho intramolecular Hbond substituents is 1. The number of aromatic hydroxyl groups is 1. The predicted molar refractivity (Wildman–Crippen MR) is 142 cm³/mol. The van der Waals surface area contributed by atoms with Crippen LogP contribution in [0.3, 0.4) is 0 Å². The fraction of sp³-hybridized carbons (Fsp3) is 0.200. The second-order valence-electron chi connectivity index (χ2n) is 9.45. The van der Waals surface area contributed by atoms with E-state index >= 15 is 0 Å². The summed E-state index contributed by atoms with van der Waals surface area (Å²) < 4.78 is 12.1. The maximum Gasteiger partial charge on any atom is 0.257 e. The number of ether oxygens (including phenoxy) is 2. The molecule has 7 rings (SSSR count). The predicted octanol–water partition coefficient (Wildman–Crippen LogP) is 4.27. The Bertz CT molecular complexity index is 1540. The van der Waals surface area contributed by atoms with Crippen molar-refractivity contribution in [2.75, 3.05) is 19.7 Å². The Morgan fingerprint density at radius 2 is 1.82 bits per heavy atom. The number of amides is 2. The van der Waals surface area contributed by atoms with Crippen LogP contribution in [0.5, 0.6) is 23.0 Å². The Kier molecular flexibility index (Phi) is 6.54. The minimum Gasteiger partial charge on any atom is -0.507 e. The number of fused-ring (bicyclic) bond motifs is 6. The second-order valence-corrected chi connectivity index (χ2v) is 9.45. The van der Waals surface area contributed by atoms with Gasteiger partial charge in [-0.3, -0.25) is 9.59 Å². The van der Waals surface area contributed by atoms with E-state index in [2.05, 4.69) is 15.3 Å². The Labute approximate surface area is 225 Å². The summed E-state index contributed by atoms with van der Waals surface area (Å²) in [6, 6.07) is 17.8. The fourth-order valence-electron chi connectivity index (χ4n) is 5.05. The van der Waals surface area contributed by atoms with Gasteiger partial charge in [-0.15, -0.1) is 0 Å². The van der Waals surface area contributed by atoms with E-state index < -0.39 is 0 Å². The Hall–Kier alpha value is -4.92. The van der Waals surface area contributed by atoms with Gasteiger partial charge in [0.1, 0.15) is 29.3 Å². The zero-order valence-corrected chi connectivity index (χ0v) is 21.0. The van der Waals surface area contributed by atoms with Crippen LogP contribution in [-0.4, -0.2) is 51.5 Å². The summed E-state index contributed by atoms with van der Waals surface area (Å²) in [4.78, 5) is 36.2. The number of nitrogens with one attached hydrogen (secondary N) is 1. The molecule has 4 heterocycles. The highest BCUT2D eigenvalue weighted by Gasteiger charge is 2.33. The molecule has 1 aromatic heterocycles. The van der Waals surface area contributed by atoms with E-state index in [9.17, 15) is 14.7 Å².